The number of hydrogen-bond donors (Lipinski definition) is 1. The van der Waals surface area contributed by atoms with E-state index in [4.69, 9.17) is 0 Å². The van der Waals surface area contributed by atoms with Gasteiger partial charge in [0.1, 0.15) is 5.92 Å². The van der Waals surface area contributed by atoms with Gasteiger partial charge in [0.05, 0.1) is 5.69 Å². The van der Waals surface area contributed by atoms with Gasteiger partial charge in [0.25, 0.3) is 0 Å². The van der Waals surface area contributed by atoms with Crippen LogP contribution >= 0.6 is 11.8 Å². The number of anilines is 1. The molecule has 6 heteroatoms. The predicted molar refractivity (Wildman–Crippen MR) is 77.6 cm³/mol. The molecule has 1 N–H and O–H groups in total. The molecule has 1 fully saturated rings. The van der Waals surface area contributed by atoms with Crippen LogP contribution < -0.4 is 10.2 Å². The van der Waals surface area contributed by atoms with Crippen molar-refractivity contribution < 1.29 is 14.4 Å². The Hall–Kier alpha value is -1.82. The van der Waals surface area contributed by atoms with E-state index in [9.17, 15) is 14.4 Å². The molecule has 1 aliphatic rings. The first-order valence-corrected chi connectivity index (χ1v) is 7.51. The second kappa shape index (κ2) is 5.66. The summed E-state index contributed by atoms with van der Waals surface area (Å²) in [4.78, 5) is 38.1. The first-order chi connectivity index (χ1) is 9.45. The highest BCUT2D eigenvalue weighted by molar-refractivity contribution is 7.98. The quantitative estimate of drug-likeness (QED) is 0.685. The van der Waals surface area contributed by atoms with Gasteiger partial charge in [0.2, 0.25) is 11.8 Å². The number of benzene rings is 1. The van der Waals surface area contributed by atoms with Gasteiger partial charge in [0, 0.05) is 4.90 Å². The van der Waals surface area contributed by atoms with E-state index >= 15 is 0 Å². The minimum atomic E-state index is -0.826. The van der Waals surface area contributed by atoms with E-state index in [0.29, 0.717) is 5.69 Å². The van der Waals surface area contributed by atoms with Crippen molar-refractivity contribution in [2.75, 3.05) is 11.2 Å². The number of nitrogens with one attached hydrogen (secondary N) is 1. The maximum Gasteiger partial charge on any atom is 0.335 e. The van der Waals surface area contributed by atoms with Gasteiger partial charge in [-0.1, -0.05) is 13.8 Å². The van der Waals surface area contributed by atoms with Gasteiger partial charge < -0.3 is 0 Å². The van der Waals surface area contributed by atoms with Crippen LogP contribution in [0.3, 0.4) is 0 Å². The molecule has 1 heterocycles. The molecule has 0 bridgehead atoms. The summed E-state index contributed by atoms with van der Waals surface area (Å²) in [5.41, 5.74) is 0.475. The van der Waals surface area contributed by atoms with Crippen LogP contribution in [0.5, 0.6) is 0 Å². The third-order valence-corrected chi connectivity index (χ3v) is 3.94. The highest BCUT2D eigenvalue weighted by Crippen LogP contribution is 2.26. The number of hydrogen-bond acceptors (Lipinski definition) is 4. The Morgan fingerprint density at radius 3 is 2.25 bits per heavy atom. The van der Waals surface area contributed by atoms with Crippen molar-refractivity contribution in [3.8, 4) is 0 Å². The summed E-state index contributed by atoms with van der Waals surface area (Å²) in [5.74, 6) is -1.98. The molecule has 1 atom stereocenters. The van der Waals surface area contributed by atoms with Crippen LogP contribution in [0.2, 0.25) is 0 Å². The van der Waals surface area contributed by atoms with Crippen molar-refractivity contribution >= 4 is 35.3 Å². The van der Waals surface area contributed by atoms with E-state index in [1.807, 2.05) is 18.4 Å². The Bertz CT molecular complexity index is 554. The first-order valence-electron chi connectivity index (χ1n) is 6.28. The lowest BCUT2D eigenvalue weighted by molar-refractivity contribution is -0.136. The van der Waals surface area contributed by atoms with Crippen molar-refractivity contribution in [3.05, 3.63) is 24.3 Å². The molecule has 0 spiro atoms. The fourth-order valence-electron chi connectivity index (χ4n) is 2.15. The summed E-state index contributed by atoms with van der Waals surface area (Å²) in [5, 5.41) is 2.24. The molecule has 0 aromatic heterocycles. The number of thioether (sulfide) groups is 1. The molecule has 1 unspecified atom stereocenters. The molecular weight excluding hydrogens is 276 g/mol. The van der Waals surface area contributed by atoms with Crippen LogP contribution in [0.4, 0.5) is 10.5 Å². The number of imide groups is 2. The third kappa shape index (κ3) is 2.56. The van der Waals surface area contributed by atoms with E-state index in [-0.39, 0.29) is 5.92 Å². The van der Waals surface area contributed by atoms with Crippen LogP contribution in [-0.4, -0.2) is 24.1 Å². The lowest BCUT2D eigenvalue weighted by Crippen LogP contribution is -2.59. The minimum Gasteiger partial charge on any atom is -0.277 e. The fourth-order valence-corrected chi connectivity index (χ4v) is 2.56. The molecule has 5 nitrogen and oxygen atoms in total. The SMILES string of the molecule is CSc1ccc(N2C(=O)NC(=O)C(C(C)C)C2=O)cc1. The van der Waals surface area contributed by atoms with Gasteiger partial charge in [-0.2, -0.15) is 0 Å². The van der Waals surface area contributed by atoms with Crippen molar-refractivity contribution in [3.63, 3.8) is 0 Å². The smallest absolute Gasteiger partial charge is 0.277 e. The molecule has 20 heavy (non-hydrogen) atoms. The van der Waals surface area contributed by atoms with E-state index in [2.05, 4.69) is 5.32 Å². The summed E-state index contributed by atoms with van der Waals surface area (Å²) in [6.07, 6.45) is 1.95. The zero-order chi connectivity index (χ0) is 14.9. The van der Waals surface area contributed by atoms with Gasteiger partial charge in [-0.3, -0.25) is 14.9 Å². The van der Waals surface area contributed by atoms with Crippen LogP contribution in [0.1, 0.15) is 13.8 Å². The summed E-state index contributed by atoms with van der Waals surface area (Å²) < 4.78 is 0. The Morgan fingerprint density at radius 2 is 1.75 bits per heavy atom. The Labute approximate surface area is 121 Å². The summed E-state index contributed by atoms with van der Waals surface area (Å²) in [6, 6.07) is 6.39. The van der Waals surface area contributed by atoms with Crippen molar-refractivity contribution in [1.82, 2.24) is 5.32 Å². The first kappa shape index (κ1) is 14.6. The van der Waals surface area contributed by atoms with E-state index in [1.54, 1.807) is 37.7 Å². The number of nitrogens with zero attached hydrogens (tertiary/aromatic N) is 1. The number of barbiturate groups is 1. The molecule has 1 aliphatic heterocycles. The lowest BCUT2D eigenvalue weighted by atomic mass is 9.92. The fraction of sp³-hybridized carbons (Fsp3) is 0.357. The third-order valence-electron chi connectivity index (χ3n) is 3.20. The van der Waals surface area contributed by atoms with Crippen LogP contribution in [-0.2, 0) is 9.59 Å². The summed E-state index contributed by atoms with van der Waals surface area (Å²) in [6.45, 7) is 3.57. The summed E-state index contributed by atoms with van der Waals surface area (Å²) >= 11 is 1.57. The number of urea groups is 1. The average molecular weight is 292 g/mol. The predicted octanol–water partition coefficient (Wildman–Crippen LogP) is 2.26. The number of carbonyl (C=O) groups excluding carboxylic acids is 3. The largest absolute Gasteiger partial charge is 0.335 e. The van der Waals surface area contributed by atoms with Crippen LogP contribution in [0.15, 0.2) is 29.2 Å². The zero-order valence-corrected chi connectivity index (χ0v) is 12.4. The minimum absolute atomic E-state index is 0.163. The highest BCUT2D eigenvalue weighted by Gasteiger charge is 2.42. The molecule has 1 saturated heterocycles. The molecule has 2 rings (SSSR count). The second-order valence-electron chi connectivity index (χ2n) is 4.89. The molecular formula is C14H16N2O3S. The van der Waals surface area contributed by atoms with Crippen molar-refractivity contribution in [1.29, 1.82) is 0 Å². The lowest BCUT2D eigenvalue weighted by Gasteiger charge is -2.31. The highest BCUT2D eigenvalue weighted by atomic mass is 32.2. The Balaban J connectivity index is 2.35. The molecule has 0 saturated carbocycles. The van der Waals surface area contributed by atoms with E-state index in [0.717, 1.165) is 9.80 Å². The normalized spacial score (nSPS) is 19.5. The molecule has 1 aromatic rings. The van der Waals surface area contributed by atoms with Crippen LogP contribution in [0.25, 0.3) is 0 Å². The number of rotatable bonds is 3. The maximum atomic E-state index is 12.4. The molecule has 4 amide bonds. The second-order valence-corrected chi connectivity index (χ2v) is 5.77. The Kier molecular flexibility index (Phi) is 4.13. The van der Waals surface area contributed by atoms with Gasteiger partial charge in [0.15, 0.2) is 0 Å². The van der Waals surface area contributed by atoms with Crippen LogP contribution in [0, 0.1) is 11.8 Å². The van der Waals surface area contributed by atoms with E-state index < -0.39 is 23.8 Å². The zero-order valence-electron chi connectivity index (χ0n) is 11.5. The molecule has 1 aromatic carbocycles. The van der Waals surface area contributed by atoms with Gasteiger partial charge in [-0.15, -0.1) is 11.8 Å². The average Bonchev–Trinajstić information content (AvgIpc) is 2.38. The standard InChI is InChI=1S/C14H16N2O3S/c1-8(2)11-12(17)15-14(19)16(13(11)18)9-4-6-10(20-3)7-5-9/h4-8,11H,1-3H3,(H,15,17,19). The van der Waals surface area contributed by atoms with Gasteiger partial charge in [-0.25, -0.2) is 9.69 Å². The molecule has 106 valence electrons. The van der Waals surface area contributed by atoms with E-state index in [1.165, 1.54) is 0 Å². The monoisotopic (exact) mass is 292 g/mol. The van der Waals surface area contributed by atoms with Gasteiger partial charge in [-0.05, 0) is 36.4 Å². The summed E-state index contributed by atoms with van der Waals surface area (Å²) in [7, 11) is 0. The number of carbonyl (C=O) groups is 3. The van der Waals surface area contributed by atoms with Gasteiger partial charge >= 0.3 is 6.03 Å². The van der Waals surface area contributed by atoms with Crippen molar-refractivity contribution in [2.45, 2.75) is 18.7 Å². The maximum absolute atomic E-state index is 12.4. The van der Waals surface area contributed by atoms with Crippen molar-refractivity contribution in [2.24, 2.45) is 11.8 Å². The molecule has 0 radical (unpaired) electrons. The topological polar surface area (TPSA) is 66.5 Å². The Morgan fingerprint density at radius 1 is 1.15 bits per heavy atom. The number of amides is 4. The molecule has 0 aliphatic carbocycles.